The molecule has 1 aromatic carbocycles. The van der Waals surface area contributed by atoms with E-state index in [1.165, 1.54) is 6.33 Å². The summed E-state index contributed by atoms with van der Waals surface area (Å²) in [6, 6.07) is 3.77. The summed E-state index contributed by atoms with van der Waals surface area (Å²) in [6.45, 7) is 11.5. The van der Waals surface area contributed by atoms with Crippen LogP contribution in [0.5, 0.6) is 0 Å². The van der Waals surface area contributed by atoms with Crippen LogP contribution in [0, 0.1) is 0 Å². The Morgan fingerprint density at radius 2 is 1.73 bits per heavy atom. The van der Waals surface area contributed by atoms with E-state index in [-0.39, 0.29) is 42.0 Å². The number of nitrogens with one attached hydrogen (secondary N) is 2. The molecule has 2 fully saturated rings. The first kappa shape index (κ1) is 37.6. The number of halogens is 1. The Kier molecular flexibility index (Phi) is 10.4. The van der Waals surface area contributed by atoms with Crippen LogP contribution in [-0.4, -0.2) is 104 Å². The number of carbonyl (C=O) groups excluding carboxylic acids is 3. The number of rotatable bonds is 9. The number of imidazole rings is 1. The summed E-state index contributed by atoms with van der Waals surface area (Å²) in [6.07, 6.45) is 1.35. The zero-order valence-electron chi connectivity index (χ0n) is 30.2. The van der Waals surface area contributed by atoms with E-state index < -0.39 is 35.0 Å². The summed E-state index contributed by atoms with van der Waals surface area (Å²) in [7, 11) is 3.86. The van der Waals surface area contributed by atoms with E-state index in [9.17, 15) is 24.3 Å². The van der Waals surface area contributed by atoms with Gasteiger partial charge >= 0.3 is 18.3 Å². The third kappa shape index (κ3) is 8.97. The molecule has 17 heteroatoms. The van der Waals surface area contributed by atoms with Crippen molar-refractivity contribution in [3.8, 4) is 0 Å². The number of fused-ring (bicyclic) bond motifs is 1. The molecule has 1 aliphatic heterocycles. The molecular formula is C34H46ClN9O7. The molecule has 51 heavy (non-hydrogen) atoms. The molecule has 276 valence electrons. The van der Waals surface area contributed by atoms with Gasteiger partial charge in [0.2, 0.25) is 5.91 Å². The Labute approximate surface area is 301 Å². The first-order valence-corrected chi connectivity index (χ1v) is 17.1. The van der Waals surface area contributed by atoms with Crippen molar-refractivity contribution < 1.29 is 33.8 Å². The first-order valence-electron chi connectivity index (χ1n) is 16.7. The lowest BCUT2D eigenvalue weighted by Crippen LogP contribution is -2.61. The second kappa shape index (κ2) is 14.1. The summed E-state index contributed by atoms with van der Waals surface area (Å²) in [5, 5.41) is 16.4. The lowest BCUT2D eigenvalue weighted by Gasteiger charge is -2.32. The van der Waals surface area contributed by atoms with Crippen molar-refractivity contribution >= 4 is 58.5 Å². The number of imide groups is 1. The summed E-state index contributed by atoms with van der Waals surface area (Å²) in [4.78, 5) is 69.5. The van der Waals surface area contributed by atoms with Gasteiger partial charge in [0, 0.05) is 29.8 Å². The van der Waals surface area contributed by atoms with Crippen LogP contribution in [0.25, 0.3) is 11.2 Å². The van der Waals surface area contributed by atoms with E-state index in [0.717, 1.165) is 36.0 Å². The van der Waals surface area contributed by atoms with E-state index in [1.807, 2.05) is 36.0 Å². The van der Waals surface area contributed by atoms with Crippen LogP contribution in [0.15, 0.2) is 24.8 Å². The molecule has 0 radical (unpaired) electrons. The number of anilines is 2. The SMILES string of the molecule is CN(C)Cc1cc(Cl)cc(N2CC[C@](NC(=O)OC(C)(C)C)(C(=O)NC3CC3)C2)c1Cn1cnc2c(N(C(=O)O)C(=O)OC(C)(C)C)ncnc21. The predicted molar refractivity (Wildman–Crippen MR) is 190 cm³/mol. The van der Waals surface area contributed by atoms with Crippen LogP contribution in [0.4, 0.5) is 25.9 Å². The summed E-state index contributed by atoms with van der Waals surface area (Å²) >= 11 is 6.73. The Hall–Kier alpha value is -4.70. The standard InChI is InChI=1S/C34H46ClN9O7/c1-32(2,3)50-29(46)40-34(28(45)39-22-9-10-22)11-12-42(17-34)24-14-21(35)13-20(15-41(7)8)23(24)16-43-19-38-25-26(43)36-18-37-27(25)44(30(47)48)31(49)51-33(4,5)6/h13-14,18-19,22H,9-12,15-17H2,1-8H3,(H,39,45)(H,40,46)(H,47,48)/t34-/m1/s1. The lowest BCUT2D eigenvalue weighted by atomic mass is 9.97. The van der Waals surface area contributed by atoms with Crippen molar-refractivity contribution in [3.63, 3.8) is 0 Å². The smallest absolute Gasteiger partial charge is 0.425 e. The van der Waals surface area contributed by atoms with Gasteiger partial charge in [0.25, 0.3) is 0 Å². The lowest BCUT2D eigenvalue weighted by molar-refractivity contribution is -0.127. The highest BCUT2D eigenvalue weighted by Crippen LogP contribution is 2.36. The largest absolute Gasteiger partial charge is 0.464 e. The number of hydrogen-bond donors (Lipinski definition) is 3. The van der Waals surface area contributed by atoms with Gasteiger partial charge in [-0.2, -0.15) is 4.90 Å². The number of carboxylic acid groups (broad SMARTS) is 1. The molecule has 0 spiro atoms. The maximum absolute atomic E-state index is 13.8. The topological polar surface area (TPSA) is 184 Å². The maximum Gasteiger partial charge on any atom is 0.425 e. The Bertz CT molecular complexity index is 1830. The molecular weight excluding hydrogens is 682 g/mol. The zero-order valence-corrected chi connectivity index (χ0v) is 31.0. The number of benzene rings is 1. The van der Waals surface area contributed by atoms with Crippen molar-refractivity contribution in [1.29, 1.82) is 0 Å². The van der Waals surface area contributed by atoms with Gasteiger partial charge in [-0.3, -0.25) is 4.79 Å². The highest BCUT2D eigenvalue weighted by molar-refractivity contribution is 6.31. The number of amides is 4. The number of carbonyl (C=O) groups is 4. The van der Waals surface area contributed by atoms with Gasteiger partial charge in [0.05, 0.1) is 19.4 Å². The Morgan fingerprint density at radius 3 is 2.33 bits per heavy atom. The maximum atomic E-state index is 13.8. The normalized spacial score (nSPS) is 17.8. The van der Waals surface area contributed by atoms with Gasteiger partial charge in [-0.15, -0.1) is 0 Å². The highest BCUT2D eigenvalue weighted by Gasteiger charge is 2.48. The van der Waals surface area contributed by atoms with E-state index in [4.69, 9.17) is 21.1 Å². The van der Waals surface area contributed by atoms with E-state index in [1.54, 1.807) is 46.1 Å². The third-order valence-electron chi connectivity index (χ3n) is 8.16. The molecule has 1 saturated carbocycles. The second-order valence-corrected chi connectivity index (χ2v) is 15.7. The van der Waals surface area contributed by atoms with Crippen molar-refractivity contribution in [2.24, 2.45) is 0 Å². The number of nitrogens with zero attached hydrogens (tertiary/aromatic N) is 7. The highest BCUT2D eigenvalue weighted by atomic mass is 35.5. The molecule has 16 nitrogen and oxygen atoms in total. The molecule has 0 unspecified atom stereocenters. The van der Waals surface area contributed by atoms with Crippen molar-refractivity contribution in [2.75, 3.05) is 37.0 Å². The second-order valence-electron chi connectivity index (χ2n) is 15.3. The average molecular weight is 728 g/mol. The molecule has 3 heterocycles. The molecule has 2 aliphatic rings. The third-order valence-corrected chi connectivity index (χ3v) is 8.38. The van der Waals surface area contributed by atoms with Crippen LogP contribution in [0.1, 0.15) is 71.9 Å². The molecule has 3 aromatic rings. The quantitative estimate of drug-likeness (QED) is 0.275. The van der Waals surface area contributed by atoms with Gasteiger partial charge in [-0.25, -0.2) is 29.3 Å². The summed E-state index contributed by atoms with van der Waals surface area (Å²) in [5.41, 5.74) is -0.167. The van der Waals surface area contributed by atoms with Gasteiger partial charge in [-0.1, -0.05) is 11.6 Å². The molecule has 0 bridgehead atoms. The first-order chi connectivity index (χ1) is 23.7. The minimum absolute atomic E-state index is 0.0751. The fourth-order valence-electron chi connectivity index (χ4n) is 5.91. The van der Waals surface area contributed by atoms with Crippen LogP contribution < -0.4 is 20.4 Å². The molecule has 1 aliphatic carbocycles. The van der Waals surface area contributed by atoms with Gasteiger partial charge in [0.1, 0.15) is 23.1 Å². The van der Waals surface area contributed by atoms with E-state index in [2.05, 4.69) is 25.6 Å². The van der Waals surface area contributed by atoms with Crippen LogP contribution >= 0.6 is 11.6 Å². The van der Waals surface area contributed by atoms with Gasteiger partial charge in [-0.05, 0) is 98.2 Å². The molecule has 3 N–H and O–H groups in total. The fraction of sp³-hybridized carbons (Fsp3) is 0.559. The van der Waals surface area contributed by atoms with Crippen molar-refractivity contribution in [1.82, 2.24) is 35.1 Å². The number of aromatic nitrogens is 4. The van der Waals surface area contributed by atoms with E-state index in [0.29, 0.717) is 29.4 Å². The molecule has 1 atom stereocenters. The van der Waals surface area contributed by atoms with Gasteiger partial charge < -0.3 is 39.6 Å². The molecule has 2 aromatic heterocycles. The summed E-state index contributed by atoms with van der Waals surface area (Å²) < 4.78 is 12.6. The Morgan fingerprint density at radius 1 is 1.04 bits per heavy atom. The molecule has 1 saturated heterocycles. The minimum atomic E-state index is -1.59. The van der Waals surface area contributed by atoms with Crippen molar-refractivity contribution in [3.05, 3.63) is 40.9 Å². The summed E-state index contributed by atoms with van der Waals surface area (Å²) in [5.74, 6) is -0.516. The van der Waals surface area contributed by atoms with Crippen LogP contribution in [-0.2, 0) is 27.4 Å². The predicted octanol–water partition coefficient (Wildman–Crippen LogP) is 4.76. The van der Waals surface area contributed by atoms with Crippen LogP contribution in [0.2, 0.25) is 5.02 Å². The Balaban J connectivity index is 1.54. The zero-order chi connectivity index (χ0) is 37.5. The number of alkyl carbamates (subject to hydrolysis) is 1. The van der Waals surface area contributed by atoms with E-state index >= 15 is 0 Å². The minimum Gasteiger partial charge on any atom is -0.464 e. The average Bonchev–Trinajstić information content (AvgIpc) is 3.54. The fourth-order valence-corrected chi connectivity index (χ4v) is 6.15. The van der Waals surface area contributed by atoms with Crippen molar-refractivity contribution in [2.45, 2.75) is 96.7 Å². The molecule has 5 rings (SSSR count). The van der Waals surface area contributed by atoms with Crippen LogP contribution in [0.3, 0.4) is 0 Å². The molecule has 4 amide bonds. The van der Waals surface area contributed by atoms with Gasteiger partial charge in [0.15, 0.2) is 17.0 Å². The number of ether oxygens (including phenoxy) is 2. The number of hydrogen-bond acceptors (Lipinski definition) is 11. The monoisotopic (exact) mass is 727 g/mol.